The minimum absolute atomic E-state index is 0.219. The number of anilines is 2. The first-order chi connectivity index (χ1) is 20.3. The molecule has 43 heavy (non-hydrogen) atoms. The first-order valence-corrected chi connectivity index (χ1v) is 16.2. The number of nitrogens with zero attached hydrogens (tertiary/aromatic N) is 3. The Bertz CT molecular complexity index is 1770. The maximum absolute atomic E-state index is 13.7. The fraction of sp³-hybridized carbons (Fsp3) is 0.375. The van der Waals surface area contributed by atoms with Crippen molar-refractivity contribution in [3.63, 3.8) is 0 Å². The van der Waals surface area contributed by atoms with E-state index in [0.29, 0.717) is 22.9 Å². The van der Waals surface area contributed by atoms with Crippen molar-refractivity contribution < 1.29 is 22.7 Å². The van der Waals surface area contributed by atoms with E-state index in [9.17, 15) is 13.2 Å². The maximum atomic E-state index is 13.7. The molecule has 0 saturated carbocycles. The SMILES string of the molecule is COc1c(NC(=O)c2cc3cccc(Oc4ccnc(CN5CCCC5)c4)c3n2C)cc(C(C)(C)C)cc1NS(C)(=O)=O. The molecule has 1 saturated heterocycles. The number of hydrogen-bond donors (Lipinski definition) is 2. The highest BCUT2D eigenvalue weighted by Crippen LogP contribution is 2.40. The quantitative estimate of drug-likeness (QED) is 0.244. The first kappa shape index (κ1) is 30.4. The molecular formula is C32H39N5O5S. The van der Waals surface area contributed by atoms with E-state index >= 15 is 0 Å². The Morgan fingerprint density at radius 2 is 1.77 bits per heavy atom. The smallest absolute Gasteiger partial charge is 0.272 e. The molecule has 11 heteroatoms. The Morgan fingerprint density at radius 3 is 2.44 bits per heavy atom. The van der Waals surface area contributed by atoms with Crippen LogP contribution in [0.1, 0.15) is 55.4 Å². The summed E-state index contributed by atoms with van der Waals surface area (Å²) in [6, 6.07) is 14.8. The molecule has 0 radical (unpaired) electrons. The van der Waals surface area contributed by atoms with Gasteiger partial charge in [-0.25, -0.2) is 8.42 Å². The van der Waals surface area contributed by atoms with Crippen LogP contribution in [0.3, 0.4) is 0 Å². The van der Waals surface area contributed by atoms with Crippen LogP contribution >= 0.6 is 0 Å². The molecule has 4 aromatic rings. The van der Waals surface area contributed by atoms with Crippen molar-refractivity contribution in [1.29, 1.82) is 0 Å². The minimum atomic E-state index is -3.60. The highest BCUT2D eigenvalue weighted by atomic mass is 32.2. The van der Waals surface area contributed by atoms with Crippen molar-refractivity contribution in [2.45, 2.75) is 45.6 Å². The summed E-state index contributed by atoms with van der Waals surface area (Å²) in [5, 5.41) is 3.79. The van der Waals surface area contributed by atoms with E-state index in [2.05, 4.69) is 19.9 Å². The summed E-state index contributed by atoms with van der Waals surface area (Å²) >= 11 is 0. The third-order valence-corrected chi connectivity index (χ3v) is 8.15. The summed E-state index contributed by atoms with van der Waals surface area (Å²) in [6.07, 6.45) is 5.27. The second-order valence-corrected chi connectivity index (χ2v) is 13.8. The lowest BCUT2D eigenvalue weighted by molar-refractivity contribution is 0.101. The van der Waals surface area contributed by atoms with Gasteiger partial charge in [0.05, 0.1) is 36.0 Å². The number of aryl methyl sites for hydroxylation is 1. The molecule has 5 rings (SSSR count). The standard InChI is InChI=1S/C32H39N5O5S/c1-32(2,3)22-17-25(30(41-5)26(18-22)35-43(6,39)40)34-31(38)27-16-21-10-9-11-28(29(21)36(27)4)42-24-12-13-33-23(19-24)20-37-14-7-8-15-37/h9-13,16-19,35H,7-8,14-15,20H2,1-6H3,(H,34,38). The lowest BCUT2D eigenvalue weighted by Crippen LogP contribution is -2.19. The van der Waals surface area contributed by atoms with Gasteiger partial charge in [-0.2, -0.15) is 0 Å². The number of ether oxygens (including phenoxy) is 2. The van der Waals surface area contributed by atoms with E-state index in [1.807, 2.05) is 64.2 Å². The average Bonchev–Trinajstić information content (AvgIpc) is 3.55. The van der Waals surface area contributed by atoms with Gasteiger partial charge < -0.3 is 19.4 Å². The van der Waals surface area contributed by atoms with E-state index in [0.717, 1.165) is 48.1 Å². The van der Waals surface area contributed by atoms with E-state index in [4.69, 9.17) is 9.47 Å². The number of carbonyl (C=O) groups excluding carboxylic acids is 1. The van der Waals surface area contributed by atoms with E-state index < -0.39 is 10.0 Å². The van der Waals surface area contributed by atoms with Crippen LogP contribution in [0, 0.1) is 0 Å². The number of likely N-dealkylation sites (tertiary alicyclic amines) is 1. The number of methoxy groups -OCH3 is 1. The number of amides is 1. The molecule has 1 amide bonds. The number of aromatic nitrogens is 2. The second-order valence-electron chi connectivity index (χ2n) is 12.0. The van der Waals surface area contributed by atoms with Gasteiger partial charge in [-0.3, -0.25) is 19.4 Å². The molecule has 0 aliphatic carbocycles. The molecule has 1 aliphatic rings. The molecule has 228 valence electrons. The first-order valence-electron chi connectivity index (χ1n) is 14.3. The van der Waals surface area contributed by atoms with E-state index in [-0.39, 0.29) is 22.8 Å². The van der Waals surface area contributed by atoms with Crippen molar-refractivity contribution >= 4 is 38.2 Å². The van der Waals surface area contributed by atoms with Gasteiger partial charge in [0.15, 0.2) is 11.5 Å². The molecule has 0 unspecified atom stereocenters. The number of sulfonamides is 1. The average molecular weight is 606 g/mol. The van der Waals surface area contributed by atoms with Crippen LogP contribution < -0.4 is 19.5 Å². The number of fused-ring (bicyclic) bond motifs is 1. The van der Waals surface area contributed by atoms with Gasteiger partial charge in [-0.15, -0.1) is 0 Å². The summed E-state index contributed by atoms with van der Waals surface area (Å²) in [5.74, 6) is 1.14. The lowest BCUT2D eigenvalue weighted by Gasteiger charge is -2.24. The van der Waals surface area contributed by atoms with Gasteiger partial charge in [0, 0.05) is 31.2 Å². The zero-order valence-corrected chi connectivity index (χ0v) is 26.3. The van der Waals surface area contributed by atoms with Crippen LogP contribution in [0.2, 0.25) is 0 Å². The molecule has 1 aliphatic heterocycles. The van der Waals surface area contributed by atoms with Gasteiger partial charge in [-0.05, 0) is 67.2 Å². The third kappa shape index (κ3) is 6.94. The predicted octanol–water partition coefficient (Wildman–Crippen LogP) is 5.89. The van der Waals surface area contributed by atoms with Crippen molar-refractivity contribution in [2.75, 3.05) is 36.5 Å². The Balaban J connectivity index is 1.46. The molecule has 0 bridgehead atoms. The molecule has 0 atom stereocenters. The fourth-order valence-corrected chi connectivity index (χ4v) is 5.97. The normalized spacial score (nSPS) is 14.2. The van der Waals surface area contributed by atoms with Crippen LogP contribution in [0.25, 0.3) is 10.9 Å². The highest BCUT2D eigenvalue weighted by Gasteiger charge is 2.24. The largest absolute Gasteiger partial charge is 0.492 e. The van der Waals surface area contributed by atoms with Crippen LogP contribution in [-0.2, 0) is 29.0 Å². The fourth-order valence-electron chi connectivity index (χ4n) is 5.42. The number of nitrogens with one attached hydrogen (secondary N) is 2. The summed E-state index contributed by atoms with van der Waals surface area (Å²) in [5.41, 5.74) is 3.22. The molecule has 3 heterocycles. The summed E-state index contributed by atoms with van der Waals surface area (Å²) in [6.45, 7) is 8.98. The van der Waals surface area contributed by atoms with Crippen molar-refractivity contribution in [1.82, 2.24) is 14.5 Å². The number of para-hydroxylation sites is 1. The van der Waals surface area contributed by atoms with Crippen LogP contribution in [0.15, 0.2) is 54.7 Å². The molecule has 10 nitrogen and oxygen atoms in total. The minimum Gasteiger partial charge on any atom is -0.492 e. The zero-order chi connectivity index (χ0) is 30.9. The van der Waals surface area contributed by atoms with Gasteiger partial charge in [0.1, 0.15) is 11.4 Å². The number of rotatable bonds is 9. The molecule has 2 N–H and O–H groups in total. The van der Waals surface area contributed by atoms with Gasteiger partial charge >= 0.3 is 0 Å². The number of benzene rings is 2. The van der Waals surface area contributed by atoms with Gasteiger partial charge in [0.2, 0.25) is 10.0 Å². The maximum Gasteiger partial charge on any atom is 0.272 e. The summed E-state index contributed by atoms with van der Waals surface area (Å²) in [4.78, 5) is 20.6. The number of carbonyl (C=O) groups is 1. The van der Waals surface area contributed by atoms with Crippen molar-refractivity contribution in [3.8, 4) is 17.2 Å². The van der Waals surface area contributed by atoms with Crippen molar-refractivity contribution in [3.05, 3.63) is 71.7 Å². The Labute approximate surface area is 253 Å². The molecule has 2 aromatic carbocycles. The lowest BCUT2D eigenvalue weighted by atomic mass is 9.86. The second kappa shape index (κ2) is 11.9. The van der Waals surface area contributed by atoms with Crippen LogP contribution in [0.4, 0.5) is 11.4 Å². The predicted molar refractivity (Wildman–Crippen MR) is 170 cm³/mol. The Hall–Kier alpha value is -4.09. The Morgan fingerprint density at radius 1 is 1.05 bits per heavy atom. The van der Waals surface area contributed by atoms with Gasteiger partial charge in [-0.1, -0.05) is 32.9 Å². The van der Waals surface area contributed by atoms with Crippen LogP contribution in [-0.4, -0.2) is 55.2 Å². The molecule has 2 aromatic heterocycles. The highest BCUT2D eigenvalue weighted by molar-refractivity contribution is 7.92. The topological polar surface area (TPSA) is 115 Å². The van der Waals surface area contributed by atoms with Crippen LogP contribution in [0.5, 0.6) is 17.2 Å². The molecule has 0 spiro atoms. The monoisotopic (exact) mass is 605 g/mol. The summed E-state index contributed by atoms with van der Waals surface area (Å²) < 4.78 is 40.5. The van der Waals surface area contributed by atoms with E-state index in [1.54, 1.807) is 22.9 Å². The van der Waals surface area contributed by atoms with Gasteiger partial charge in [0.25, 0.3) is 5.91 Å². The zero-order valence-electron chi connectivity index (χ0n) is 25.5. The molecular weight excluding hydrogens is 566 g/mol. The third-order valence-electron chi connectivity index (χ3n) is 7.55. The van der Waals surface area contributed by atoms with Crippen molar-refractivity contribution in [2.24, 2.45) is 7.05 Å². The molecule has 1 fully saturated rings. The number of hydrogen-bond acceptors (Lipinski definition) is 7. The summed E-state index contributed by atoms with van der Waals surface area (Å²) in [7, 11) is -0.350. The van der Waals surface area contributed by atoms with E-state index in [1.165, 1.54) is 20.0 Å². The Kier molecular flexibility index (Phi) is 8.40. The number of pyridine rings is 1.